The Balaban J connectivity index is 2.56. The molecule has 1 aromatic rings. The van der Waals surface area contributed by atoms with Crippen molar-refractivity contribution in [3.63, 3.8) is 0 Å². The van der Waals surface area contributed by atoms with E-state index < -0.39 is 23.3 Å². The molecule has 1 aliphatic rings. The molecule has 1 atom stereocenters. The summed E-state index contributed by atoms with van der Waals surface area (Å²) in [6.07, 6.45) is 2.53. The number of methoxy groups -OCH3 is 3. The molecule has 6 nitrogen and oxygen atoms in total. The number of ketones is 1. The molecule has 0 aliphatic heterocycles. The van der Waals surface area contributed by atoms with E-state index in [4.69, 9.17) is 44.3 Å². The largest absolute Gasteiger partial charge is 0.469 e. The number of hydrogen-bond acceptors (Lipinski definition) is 6. The Bertz CT molecular complexity index is 867. The van der Waals surface area contributed by atoms with Crippen LogP contribution in [0.5, 0.6) is 0 Å². The van der Waals surface area contributed by atoms with Gasteiger partial charge in [-0.1, -0.05) is 34.8 Å². The van der Waals surface area contributed by atoms with Gasteiger partial charge in [0.2, 0.25) is 5.78 Å². The second-order valence-electron chi connectivity index (χ2n) is 5.98. The van der Waals surface area contributed by atoms with Gasteiger partial charge in [0, 0.05) is 18.2 Å². The summed E-state index contributed by atoms with van der Waals surface area (Å²) in [7, 11) is 3.88. The summed E-state index contributed by atoms with van der Waals surface area (Å²) in [6.45, 7) is 0. The van der Waals surface area contributed by atoms with Crippen molar-refractivity contribution in [3.05, 3.63) is 50.5 Å². The van der Waals surface area contributed by atoms with Gasteiger partial charge in [0.05, 0.1) is 42.1 Å². The maximum absolute atomic E-state index is 12.7. The van der Waals surface area contributed by atoms with Crippen molar-refractivity contribution in [1.82, 2.24) is 0 Å². The van der Waals surface area contributed by atoms with Crippen LogP contribution < -0.4 is 0 Å². The third-order valence-corrected chi connectivity index (χ3v) is 5.07. The molecule has 0 saturated carbocycles. The lowest BCUT2D eigenvalue weighted by Crippen LogP contribution is -2.34. The molecule has 150 valence electrons. The minimum atomic E-state index is -1.30. The Morgan fingerprint density at radius 2 is 1.54 bits per heavy atom. The first kappa shape index (κ1) is 22.4. The van der Waals surface area contributed by atoms with Crippen LogP contribution in [0.15, 0.2) is 29.3 Å². The maximum atomic E-state index is 12.7. The smallest absolute Gasteiger partial charge is 0.309 e. The normalized spacial score (nSPS) is 19.0. The van der Waals surface area contributed by atoms with Crippen LogP contribution in [0.1, 0.15) is 17.5 Å². The van der Waals surface area contributed by atoms with Crippen LogP contribution in [0.25, 0.3) is 5.57 Å². The van der Waals surface area contributed by atoms with Crippen molar-refractivity contribution in [3.8, 4) is 0 Å². The number of hydrogen-bond donors (Lipinski definition) is 0. The average molecular weight is 448 g/mol. The van der Waals surface area contributed by atoms with Gasteiger partial charge < -0.3 is 14.2 Å². The lowest BCUT2D eigenvalue weighted by atomic mass is 9.85. The van der Waals surface area contributed by atoms with Crippen LogP contribution in [0.2, 0.25) is 10.0 Å². The van der Waals surface area contributed by atoms with Gasteiger partial charge in [0.25, 0.3) is 0 Å². The van der Waals surface area contributed by atoms with Crippen molar-refractivity contribution in [2.24, 2.45) is 0 Å². The summed E-state index contributed by atoms with van der Waals surface area (Å²) in [5, 5.41) is 0.134. The monoisotopic (exact) mass is 446 g/mol. The van der Waals surface area contributed by atoms with Crippen molar-refractivity contribution in [2.75, 3.05) is 21.3 Å². The number of ether oxygens (including phenoxy) is 3. The Hall–Kier alpha value is -1.86. The van der Waals surface area contributed by atoms with E-state index in [0.29, 0.717) is 5.56 Å². The fraction of sp³-hybridized carbons (Fsp3) is 0.316. The average Bonchev–Trinajstić information content (AvgIpc) is 2.64. The topological polar surface area (TPSA) is 78.9 Å². The highest BCUT2D eigenvalue weighted by atomic mass is 35.5. The standard InChI is InChI=1S/C19H17Cl3O6/c1-26-15(23)6-10-4-12(20)17(13(21)5-10)11-7-19(28-3,9-16(24)27-2)8-14(22)18(11)25/h4-5,7-8H,6,9H2,1-3H3. The number of carbonyl (C=O) groups excluding carboxylic acids is 3. The molecule has 1 aliphatic carbocycles. The summed E-state index contributed by atoms with van der Waals surface area (Å²) < 4.78 is 14.8. The van der Waals surface area contributed by atoms with Gasteiger partial charge in [-0.15, -0.1) is 0 Å². The molecule has 0 bridgehead atoms. The van der Waals surface area contributed by atoms with Gasteiger partial charge in [-0.25, -0.2) is 0 Å². The number of rotatable bonds is 6. The number of allylic oxidation sites excluding steroid dienone is 2. The highest BCUT2D eigenvalue weighted by Crippen LogP contribution is 2.40. The molecule has 0 N–H and O–H groups in total. The maximum Gasteiger partial charge on any atom is 0.309 e. The van der Waals surface area contributed by atoms with Crippen LogP contribution in [-0.4, -0.2) is 44.7 Å². The van der Waals surface area contributed by atoms with Crippen molar-refractivity contribution < 1.29 is 28.6 Å². The lowest BCUT2D eigenvalue weighted by Gasteiger charge is -2.30. The van der Waals surface area contributed by atoms with Gasteiger partial charge in [0.15, 0.2) is 0 Å². The highest BCUT2D eigenvalue weighted by Gasteiger charge is 2.37. The fourth-order valence-corrected chi connectivity index (χ4v) is 3.78. The number of benzene rings is 1. The highest BCUT2D eigenvalue weighted by molar-refractivity contribution is 6.53. The van der Waals surface area contributed by atoms with E-state index in [1.807, 2.05) is 0 Å². The van der Waals surface area contributed by atoms with Gasteiger partial charge >= 0.3 is 11.9 Å². The fourth-order valence-electron chi connectivity index (χ4n) is 2.76. The molecular weight excluding hydrogens is 431 g/mol. The quantitative estimate of drug-likeness (QED) is 0.618. The summed E-state index contributed by atoms with van der Waals surface area (Å²) >= 11 is 18.8. The van der Waals surface area contributed by atoms with Crippen LogP contribution in [0.4, 0.5) is 0 Å². The van der Waals surface area contributed by atoms with E-state index in [0.717, 1.165) is 0 Å². The molecule has 2 rings (SSSR count). The lowest BCUT2D eigenvalue weighted by molar-refractivity contribution is -0.144. The number of esters is 2. The SMILES string of the molecule is COC(=O)Cc1cc(Cl)c(C2=CC(CC(=O)OC)(OC)C=C(Cl)C2=O)c(Cl)c1. The third kappa shape index (κ3) is 4.75. The van der Waals surface area contributed by atoms with Crippen molar-refractivity contribution >= 4 is 58.1 Å². The molecule has 0 heterocycles. The first-order valence-electron chi connectivity index (χ1n) is 7.99. The first-order valence-corrected chi connectivity index (χ1v) is 9.12. The minimum absolute atomic E-state index is 0.0335. The van der Waals surface area contributed by atoms with E-state index in [1.54, 1.807) is 0 Å². The first-order chi connectivity index (χ1) is 13.2. The van der Waals surface area contributed by atoms with E-state index in [2.05, 4.69) is 4.74 Å². The van der Waals surface area contributed by atoms with E-state index in [-0.39, 0.29) is 39.1 Å². The summed E-state index contributed by atoms with van der Waals surface area (Å²) in [5.41, 5.74) is -0.480. The van der Waals surface area contributed by atoms with Crippen LogP contribution in [-0.2, 0) is 35.0 Å². The zero-order chi connectivity index (χ0) is 21.1. The second kappa shape index (κ2) is 9.09. The van der Waals surface area contributed by atoms with Gasteiger partial charge in [-0.3, -0.25) is 14.4 Å². The summed E-state index contributed by atoms with van der Waals surface area (Å²) in [4.78, 5) is 35.9. The van der Waals surface area contributed by atoms with E-state index in [9.17, 15) is 14.4 Å². The molecule has 1 unspecified atom stereocenters. The molecule has 9 heteroatoms. The third-order valence-electron chi connectivity index (χ3n) is 4.20. The van der Waals surface area contributed by atoms with E-state index >= 15 is 0 Å². The van der Waals surface area contributed by atoms with Gasteiger partial charge in [-0.2, -0.15) is 0 Å². The van der Waals surface area contributed by atoms with Gasteiger partial charge in [-0.05, 0) is 29.8 Å². The minimum Gasteiger partial charge on any atom is -0.469 e. The van der Waals surface area contributed by atoms with E-state index in [1.165, 1.54) is 45.6 Å². The zero-order valence-electron chi connectivity index (χ0n) is 15.3. The zero-order valence-corrected chi connectivity index (χ0v) is 17.6. The molecule has 0 amide bonds. The molecule has 1 aromatic carbocycles. The predicted molar refractivity (Wildman–Crippen MR) is 105 cm³/mol. The van der Waals surface area contributed by atoms with Crippen molar-refractivity contribution in [2.45, 2.75) is 18.4 Å². The summed E-state index contributed by atoms with van der Waals surface area (Å²) in [6, 6.07) is 3.02. The number of Topliss-reactive ketones (excluding diaryl/α,β-unsaturated/α-hetero) is 1. The Morgan fingerprint density at radius 3 is 2.04 bits per heavy atom. The van der Waals surface area contributed by atoms with Gasteiger partial charge in [0.1, 0.15) is 5.60 Å². The van der Waals surface area contributed by atoms with Crippen LogP contribution >= 0.6 is 34.8 Å². The molecule has 28 heavy (non-hydrogen) atoms. The molecular formula is C19H17Cl3O6. The Kier molecular flexibility index (Phi) is 7.28. The second-order valence-corrected chi connectivity index (χ2v) is 7.20. The predicted octanol–water partition coefficient (Wildman–Crippen LogP) is 3.75. The summed E-state index contributed by atoms with van der Waals surface area (Å²) in [5.74, 6) is -1.54. The molecule has 0 radical (unpaired) electrons. The molecule has 0 fully saturated rings. The van der Waals surface area contributed by atoms with Crippen LogP contribution in [0, 0.1) is 0 Å². The Labute approximate surface area is 177 Å². The number of carbonyl (C=O) groups is 3. The molecule has 0 saturated heterocycles. The van der Waals surface area contributed by atoms with Crippen molar-refractivity contribution in [1.29, 1.82) is 0 Å². The number of halogens is 3. The molecule has 0 spiro atoms. The molecule has 0 aromatic heterocycles. The van der Waals surface area contributed by atoms with Crippen LogP contribution in [0.3, 0.4) is 0 Å². The Morgan fingerprint density at radius 1 is 0.964 bits per heavy atom.